The van der Waals surface area contributed by atoms with Crippen molar-refractivity contribution in [2.45, 2.75) is 13.5 Å². The van der Waals surface area contributed by atoms with Gasteiger partial charge >= 0.3 is 0 Å². The topological polar surface area (TPSA) is 65.9 Å². The molecule has 0 aliphatic carbocycles. The summed E-state index contributed by atoms with van der Waals surface area (Å²) in [6.07, 6.45) is 0. The molecule has 1 aromatic carbocycles. The molecule has 0 amide bonds. The lowest BCUT2D eigenvalue weighted by molar-refractivity contribution is 0.893. The molecule has 0 aliphatic rings. The number of nitrogen functional groups attached to an aromatic ring is 1. The van der Waals surface area contributed by atoms with Gasteiger partial charge in [0.1, 0.15) is 5.82 Å². The van der Waals surface area contributed by atoms with Gasteiger partial charge in [-0.15, -0.1) is 0 Å². The molecule has 2 aromatic rings. The van der Waals surface area contributed by atoms with Crippen LogP contribution in [0.4, 0.5) is 11.5 Å². The summed E-state index contributed by atoms with van der Waals surface area (Å²) >= 11 is 0. The average molecular weight is 252 g/mol. The van der Waals surface area contributed by atoms with Crippen LogP contribution in [0.25, 0.3) is 0 Å². The molecule has 0 spiro atoms. The highest BCUT2D eigenvalue weighted by molar-refractivity contribution is 5.51. The fourth-order valence-corrected chi connectivity index (χ4v) is 1.93. The summed E-state index contributed by atoms with van der Waals surface area (Å²) in [4.78, 5) is 6.43. The summed E-state index contributed by atoms with van der Waals surface area (Å²) in [6.45, 7) is 2.54. The Bertz CT molecular complexity index is 628. The van der Waals surface area contributed by atoms with Gasteiger partial charge in [0.25, 0.3) is 0 Å². The third-order valence-corrected chi connectivity index (χ3v) is 2.92. The number of hydrogen-bond acceptors (Lipinski definition) is 4. The van der Waals surface area contributed by atoms with E-state index in [4.69, 9.17) is 11.0 Å². The first-order valence-corrected chi connectivity index (χ1v) is 6.03. The van der Waals surface area contributed by atoms with Crippen molar-refractivity contribution >= 4 is 11.5 Å². The van der Waals surface area contributed by atoms with Crippen LogP contribution in [0.15, 0.2) is 36.4 Å². The minimum absolute atomic E-state index is 0.621. The lowest BCUT2D eigenvalue weighted by Gasteiger charge is -2.19. The molecule has 96 valence electrons. The molecule has 0 saturated carbocycles. The molecule has 2 N–H and O–H groups in total. The third kappa shape index (κ3) is 3.02. The number of aryl methyl sites for hydroxylation is 1. The van der Waals surface area contributed by atoms with Crippen molar-refractivity contribution < 1.29 is 0 Å². The molecule has 1 heterocycles. The summed E-state index contributed by atoms with van der Waals surface area (Å²) in [7, 11) is 1.94. The van der Waals surface area contributed by atoms with E-state index in [9.17, 15) is 0 Å². The highest BCUT2D eigenvalue weighted by Crippen LogP contribution is 2.18. The van der Waals surface area contributed by atoms with E-state index in [0.29, 0.717) is 12.1 Å². The standard InChI is InChI=1S/C15H16N4/c1-11-7-12(9-16)8-15(18-11)19(2)10-13-5-3-4-6-14(13)17/h3-8H,10,17H2,1-2H3. The van der Waals surface area contributed by atoms with Crippen LogP contribution in [0, 0.1) is 18.3 Å². The van der Waals surface area contributed by atoms with Crippen LogP contribution in [0.5, 0.6) is 0 Å². The Morgan fingerprint density at radius 3 is 2.74 bits per heavy atom. The zero-order valence-electron chi connectivity index (χ0n) is 11.1. The monoisotopic (exact) mass is 252 g/mol. The molecule has 0 fully saturated rings. The van der Waals surface area contributed by atoms with Crippen LogP contribution in [0.2, 0.25) is 0 Å². The van der Waals surface area contributed by atoms with Gasteiger partial charge in [-0.25, -0.2) is 4.98 Å². The van der Waals surface area contributed by atoms with Crippen LogP contribution >= 0.6 is 0 Å². The highest BCUT2D eigenvalue weighted by Gasteiger charge is 2.07. The fourth-order valence-electron chi connectivity index (χ4n) is 1.93. The van der Waals surface area contributed by atoms with E-state index in [2.05, 4.69) is 11.1 Å². The molecule has 2 rings (SSSR count). The molecule has 4 heteroatoms. The number of benzene rings is 1. The second-order valence-corrected chi connectivity index (χ2v) is 4.52. The quantitative estimate of drug-likeness (QED) is 0.852. The predicted octanol–water partition coefficient (Wildman–Crippen LogP) is 2.48. The summed E-state index contributed by atoms with van der Waals surface area (Å²) in [6, 6.07) is 13.5. The number of nitrogens with zero attached hydrogens (tertiary/aromatic N) is 3. The first-order valence-electron chi connectivity index (χ1n) is 6.03. The molecule has 0 saturated heterocycles. The summed E-state index contributed by atoms with van der Waals surface area (Å²) in [5, 5.41) is 8.99. The molecule has 19 heavy (non-hydrogen) atoms. The van der Waals surface area contributed by atoms with E-state index < -0.39 is 0 Å². The predicted molar refractivity (Wildman–Crippen MR) is 76.7 cm³/mol. The second kappa shape index (κ2) is 5.40. The highest BCUT2D eigenvalue weighted by atomic mass is 15.2. The van der Waals surface area contributed by atoms with Gasteiger partial charge in [-0.3, -0.25) is 0 Å². The maximum Gasteiger partial charge on any atom is 0.130 e. The minimum atomic E-state index is 0.621. The maximum atomic E-state index is 8.99. The van der Waals surface area contributed by atoms with Crippen molar-refractivity contribution in [3.05, 3.63) is 53.2 Å². The zero-order valence-corrected chi connectivity index (χ0v) is 11.1. The van der Waals surface area contributed by atoms with Crippen molar-refractivity contribution in [2.75, 3.05) is 17.7 Å². The van der Waals surface area contributed by atoms with E-state index in [-0.39, 0.29) is 0 Å². The average Bonchev–Trinajstić information content (AvgIpc) is 2.40. The second-order valence-electron chi connectivity index (χ2n) is 4.52. The van der Waals surface area contributed by atoms with Gasteiger partial charge in [0.15, 0.2) is 0 Å². The molecule has 0 aliphatic heterocycles. The first-order chi connectivity index (χ1) is 9.10. The number of pyridine rings is 1. The molecule has 0 atom stereocenters. The number of anilines is 2. The molecule has 0 bridgehead atoms. The normalized spacial score (nSPS) is 9.95. The largest absolute Gasteiger partial charge is 0.398 e. The Balaban J connectivity index is 2.26. The number of nitrogens with two attached hydrogens (primary N) is 1. The summed E-state index contributed by atoms with van der Waals surface area (Å²) < 4.78 is 0. The van der Waals surface area contributed by atoms with Crippen molar-refractivity contribution in [1.29, 1.82) is 5.26 Å². The first kappa shape index (κ1) is 12.9. The van der Waals surface area contributed by atoms with Crippen LogP contribution in [0.1, 0.15) is 16.8 Å². The number of rotatable bonds is 3. The van der Waals surface area contributed by atoms with Gasteiger partial charge in [0, 0.05) is 25.0 Å². The molecule has 1 aromatic heterocycles. The van der Waals surface area contributed by atoms with Crippen molar-refractivity contribution in [2.24, 2.45) is 0 Å². The molecular weight excluding hydrogens is 236 g/mol. The molecular formula is C15H16N4. The number of nitriles is 1. The van der Waals surface area contributed by atoms with Crippen molar-refractivity contribution in [3.8, 4) is 6.07 Å². The van der Waals surface area contributed by atoms with E-state index in [1.54, 1.807) is 12.1 Å². The van der Waals surface area contributed by atoms with Crippen LogP contribution in [0.3, 0.4) is 0 Å². The Labute approximate surface area is 113 Å². The van der Waals surface area contributed by atoms with Gasteiger partial charge in [0.05, 0.1) is 11.6 Å². The maximum absolute atomic E-state index is 8.99. The Hall–Kier alpha value is -2.54. The van der Waals surface area contributed by atoms with E-state index in [1.807, 2.05) is 43.1 Å². The molecule has 4 nitrogen and oxygen atoms in total. The van der Waals surface area contributed by atoms with Crippen molar-refractivity contribution in [1.82, 2.24) is 4.98 Å². The number of para-hydroxylation sites is 1. The summed E-state index contributed by atoms with van der Waals surface area (Å²) in [5.41, 5.74) is 9.20. The van der Waals surface area contributed by atoms with Crippen LogP contribution in [-0.2, 0) is 6.54 Å². The fraction of sp³-hybridized carbons (Fsp3) is 0.200. The van der Waals surface area contributed by atoms with E-state index in [0.717, 1.165) is 22.8 Å². The molecule has 0 unspecified atom stereocenters. The molecule has 0 radical (unpaired) electrons. The van der Waals surface area contributed by atoms with E-state index in [1.165, 1.54) is 0 Å². The van der Waals surface area contributed by atoms with Gasteiger partial charge in [0.2, 0.25) is 0 Å². The minimum Gasteiger partial charge on any atom is -0.398 e. The lowest BCUT2D eigenvalue weighted by atomic mass is 10.1. The summed E-state index contributed by atoms with van der Waals surface area (Å²) in [5.74, 6) is 0.778. The SMILES string of the molecule is Cc1cc(C#N)cc(N(C)Cc2ccccc2N)n1. The van der Waals surface area contributed by atoms with E-state index >= 15 is 0 Å². The smallest absolute Gasteiger partial charge is 0.130 e. The Morgan fingerprint density at radius 2 is 2.05 bits per heavy atom. The van der Waals surface area contributed by atoms with Gasteiger partial charge in [-0.1, -0.05) is 18.2 Å². The number of hydrogen-bond donors (Lipinski definition) is 1. The lowest BCUT2D eigenvalue weighted by Crippen LogP contribution is -2.19. The third-order valence-electron chi connectivity index (χ3n) is 2.92. The van der Waals surface area contributed by atoms with Crippen molar-refractivity contribution in [3.63, 3.8) is 0 Å². The van der Waals surface area contributed by atoms with Crippen LogP contribution in [-0.4, -0.2) is 12.0 Å². The van der Waals surface area contributed by atoms with Gasteiger partial charge < -0.3 is 10.6 Å². The Morgan fingerprint density at radius 1 is 1.32 bits per heavy atom. The Kier molecular flexibility index (Phi) is 3.67. The van der Waals surface area contributed by atoms with Gasteiger partial charge in [-0.2, -0.15) is 5.26 Å². The zero-order chi connectivity index (χ0) is 13.8. The van der Waals surface area contributed by atoms with Gasteiger partial charge in [-0.05, 0) is 30.7 Å². The number of aromatic nitrogens is 1. The van der Waals surface area contributed by atoms with Crippen LogP contribution < -0.4 is 10.6 Å².